The Labute approximate surface area is 109 Å². The van der Waals surface area contributed by atoms with Crippen LogP contribution in [0.5, 0.6) is 0 Å². The lowest BCUT2D eigenvalue weighted by molar-refractivity contribution is -0.141. The van der Waals surface area contributed by atoms with Crippen LogP contribution in [0.25, 0.3) is 0 Å². The first-order valence-electron chi connectivity index (χ1n) is 6.62. The molecule has 0 aromatic carbocycles. The van der Waals surface area contributed by atoms with Gasteiger partial charge < -0.3 is 15.3 Å². The maximum atomic E-state index is 12.1. The molecule has 2 unspecified atom stereocenters. The molecule has 1 rings (SSSR count). The largest absolute Gasteiger partial charge is 0.481 e. The summed E-state index contributed by atoms with van der Waals surface area (Å²) in [4.78, 5) is 24.8. The summed E-state index contributed by atoms with van der Waals surface area (Å²) < 4.78 is 0. The predicted octanol–water partition coefficient (Wildman–Crippen LogP) is 1.93. The topological polar surface area (TPSA) is 69.6 Å². The molecule has 2 N–H and O–H groups in total. The van der Waals surface area contributed by atoms with Crippen LogP contribution >= 0.6 is 0 Å². The van der Waals surface area contributed by atoms with Crippen LogP contribution in [0.1, 0.15) is 40.5 Å². The van der Waals surface area contributed by atoms with Crippen molar-refractivity contribution in [3.05, 3.63) is 0 Å². The molecule has 0 radical (unpaired) electrons. The van der Waals surface area contributed by atoms with Gasteiger partial charge >= 0.3 is 12.0 Å². The number of hydrogen-bond donors (Lipinski definition) is 2. The van der Waals surface area contributed by atoms with E-state index in [2.05, 4.69) is 19.2 Å². The molecule has 5 nitrogen and oxygen atoms in total. The summed E-state index contributed by atoms with van der Waals surface area (Å²) in [5, 5.41) is 11.7. The third kappa shape index (κ3) is 4.20. The van der Waals surface area contributed by atoms with Gasteiger partial charge in [-0.3, -0.25) is 4.79 Å². The molecule has 18 heavy (non-hydrogen) atoms. The standard InChI is InChI=1S/C13H24N2O3/c1-8(2)7-15(11-5-6-11)13(18)14-10(4)9(3)12(16)17/h8-11H,5-7H2,1-4H3,(H,14,18)(H,16,17). The fraction of sp³-hybridized carbons (Fsp3) is 0.846. The van der Waals surface area contributed by atoms with Crippen LogP contribution in [-0.4, -0.2) is 40.6 Å². The smallest absolute Gasteiger partial charge is 0.317 e. The number of rotatable bonds is 6. The zero-order chi connectivity index (χ0) is 13.9. The minimum atomic E-state index is -0.885. The summed E-state index contributed by atoms with van der Waals surface area (Å²) >= 11 is 0. The lowest BCUT2D eigenvalue weighted by atomic mass is 10.0. The highest BCUT2D eigenvalue weighted by Crippen LogP contribution is 2.27. The molecule has 1 aliphatic carbocycles. The van der Waals surface area contributed by atoms with E-state index in [4.69, 9.17) is 5.11 Å². The average molecular weight is 256 g/mol. The molecule has 0 aliphatic heterocycles. The van der Waals surface area contributed by atoms with Gasteiger partial charge in [0.2, 0.25) is 0 Å². The van der Waals surface area contributed by atoms with E-state index < -0.39 is 11.9 Å². The van der Waals surface area contributed by atoms with Gasteiger partial charge in [-0.2, -0.15) is 0 Å². The Balaban J connectivity index is 2.53. The van der Waals surface area contributed by atoms with Crippen molar-refractivity contribution in [3.8, 4) is 0 Å². The molecule has 1 fully saturated rings. The number of amides is 2. The summed E-state index contributed by atoms with van der Waals surface area (Å²) in [5.41, 5.74) is 0. The molecule has 1 saturated carbocycles. The molecule has 104 valence electrons. The quantitative estimate of drug-likeness (QED) is 0.763. The molecular formula is C13H24N2O3. The van der Waals surface area contributed by atoms with Gasteiger partial charge in [-0.25, -0.2) is 4.79 Å². The van der Waals surface area contributed by atoms with Crippen LogP contribution < -0.4 is 5.32 Å². The number of carboxylic acids is 1. The zero-order valence-electron chi connectivity index (χ0n) is 11.6. The SMILES string of the molecule is CC(C)CN(C(=O)NC(C)C(C)C(=O)O)C1CC1. The van der Waals surface area contributed by atoms with Crippen LogP contribution in [0, 0.1) is 11.8 Å². The van der Waals surface area contributed by atoms with E-state index in [9.17, 15) is 9.59 Å². The summed E-state index contributed by atoms with van der Waals surface area (Å²) in [6, 6.07) is -0.144. The Hall–Kier alpha value is -1.26. The summed E-state index contributed by atoms with van der Waals surface area (Å²) in [7, 11) is 0. The molecular weight excluding hydrogens is 232 g/mol. The fourth-order valence-electron chi connectivity index (χ4n) is 1.79. The molecule has 0 aromatic rings. The van der Waals surface area contributed by atoms with Crippen molar-refractivity contribution in [1.29, 1.82) is 0 Å². The van der Waals surface area contributed by atoms with Crippen LogP contribution in [0.3, 0.4) is 0 Å². The van der Waals surface area contributed by atoms with Crippen LogP contribution in [0.4, 0.5) is 4.79 Å². The van der Waals surface area contributed by atoms with Crippen molar-refractivity contribution in [2.24, 2.45) is 11.8 Å². The van der Waals surface area contributed by atoms with Gasteiger partial charge in [-0.1, -0.05) is 13.8 Å². The molecule has 0 saturated heterocycles. The monoisotopic (exact) mass is 256 g/mol. The van der Waals surface area contributed by atoms with Gasteiger partial charge in [0.15, 0.2) is 0 Å². The molecule has 0 aromatic heterocycles. The minimum absolute atomic E-state index is 0.133. The molecule has 0 heterocycles. The normalized spacial score (nSPS) is 18.3. The molecule has 1 aliphatic rings. The number of carbonyl (C=O) groups excluding carboxylic acids is 1. The first-order valence-corrected chi connectivity index (χ1v) is 6.62. The maximum Gasteiger partial charge on any atom is 0.317 e. The lowest BCUT2D eigenvalue weighted by Gasteiger charge is -2.27. The molecule has 2 atom stereocenters. The molecule has 0 spiro atoms. The Morgan fingerprint density at radius 1 is 1.28 bits per heavy atom. The van der Waals surface area contributed by atoms with Gasteiger partial charge in [-0.05, 0) is 32.6 Å². The Kier molecular flexibility index (Phi) is 4.99. The summed E-state index contributed by atoms with van der Waals surface area (Å²) in [5.74, 6) is -1.04. The zero-order valence-corrected chi connectivity index (χ0v) is 11.6. The highest BCUT2D eigenvalue weighted by atomic mass is 16.4. The third-order valence-corrected chi connectivity index (χ3v) is 3.30. The van der Waals surface area contributed by atoms with E-state index in [1.54, 1.807) is 13.8 Å². The number of carboxylic acid groups (broad SMARTS) is 1. The molecule has 0 bridgehead atoms. The first kappa shape index (κ1) is 14.8. The maximum absolute atomic E-state index is 12.1. The van der Waals surface area contributed by atoms with Gasteiger partial charge in [0.05, 0.1) is 5.92 Å². The predicted molar refractivity (Wildman–Crippen MR) is 69.4 cm³/mol. The van der Waals surface area contributed by atoms with Crippen LogP contribution in [-0.2, 0) is 4.79 Å². The van der Waals surface area contributed by atoms with Crippen molar-refractivity contribution in [1.82, 2.24) is 10.2 Å². The van der Waals surface area contributed by atoms with Crippen LogP contribution in [0.2, 0.25) is 0 Å². The first-order chi connectivity index (χ1) is 8.32. The van der Waals surface area contributed by atoms with Gasteiger partial charge in [0, 0.05) is 18.6 Å². The third-order valence-electron chi connectivity index (χ3n) is 3.30. The Morgan fingerprint density at radius 2 is 1.83 bits per heavy atom. The number of nitrogens with one attached hydrogen (secondary N) is 1. The van der Waals surface area contributed by atoms with Crippen molar-refractivity contribution < 1.29 is 14.7 Å². The lowest BCUT2D eigenvalue weighted by Crippen LogP contribution is -2.49. The van der Waals surface area contributed by atoms with E-state index >= 15 is 0 Å². The van der Waals surface area contributed by atoms with E-state index in [-0.39, 0.29) is 12.1 Å². The van der Waals surface area contributed by atoms with Crippen molar-refractivity contribution in [2.45, 2.75) is 52.6 Å². The number of hydrogen-bond acceptors (Lipinski definition) is 2. The molecule has 5 heteroatoms. The van der Waals surface area contributed by atoms with Crippen molar-refractivity contribution in [3.63, 3.8) is 0 Å². The second-order valence-corrected chi connectivity index (χ2v) is 5.64. The highest BCUT2D eigenvalue weighted by molar-refractivity contribution is 5.77. The van der Waals surface area contributed by atoms with Crippen molar-refractivity contribution in [2.75, 3.05) is 6.54 Å². The summed E-state index contributed by atoms with van der Waals surface area (Å²) in [6.45, 7) is 8.22. The fourth-order valence-corrected chi connectivity index (χ4v) is 1.79. The minimum Gasteiger partial charge on any atom is -0.481 e. The number of carbonyl (C=O) groups is 2. The average Bonchev–Trinajstić information content (AvgIpc) is 3.07. The van der Waals surface area contributed by atoms with E-state index in [1.165, 1.54) is 0 Å². The Bertz CT molecular complexity index is 313. The van der Waals surface area contributed by atoms with Gasteiger partial charge in [0.25, 0.3) is 0 Å². The van der Waals surface area contributed by atoms with E-state index in [1.807, 2.05) is 4.90 Å². The van der Waals surface area contributed by atoms with Crippen LogP contribution in [0.15, 0.2) is 0 Å². The second kappa shape index (κ2) is 6.07. The van der Waals surface area contributed by atoms with Gasteiger partial charge in [0.1, 0.15) is 0 Å². The van der Waals surface area contributed by atoms with E-state index in [0.717, 1.165) is 19.4 Å². The number of urea groups is 1. The Morgan fingerprint density at radius 3 is 2.22 bits per heavy atom. The van der Waals surface area contributed by atoms with Crippen molar-refractivity contribution >= 4 is 12.0 Å². The second-order valence-electron chi connectivity index (χ2n) is 5.64. The summed E-state index contributed by atoms with van der Waals surface area (Å²) in [6.07, 6.45) is 2.12. The highest BCUT2D eigenvalue weighted by Gasteiger charge is 2.34. The number of aliphatic carboxylic acids is 1. The molecule has 2 amide bonds. The number of nitrogens with zero attached hydrogens (tertiary/aromatic N) is 1. The van der Waals surface area contributed by atoms with Gasteiger partial charge in [-0.15, -0.1) is 0 Å². The van der Waals surface area contributed by atoms with E-state index in [0.29, 0.717) is 12.0 Å².